The average molecular weight is 273 g/mol. The largest absolute Gasteiger partial charge is 0.396 e. The third-order valence-corrected chi connectivity index (χ3v) is 3.79. The lowest BCUT2D eigenvalue weighted by molar-refractivity contribution is 0.0946. The standard InChI is InChI=1S/C12H14Cl2N2O/c1-12(2)5-9(12)16-11(17)6-3-7(13)10(15)8(14)4-6/h3-4,9H,5,15H2,1-2H3,(H,16,17). The second-order valence-corrected chi connectivity index (χ2v) is 5.89. The Morgan fingerprint density at radius 1 is 1.41 bits per heavy atom. The third kappa shape index (κ3) is 2.50. The van der Waals surface area contributed by atoms with E-state index >= 15 is 0 Å². The summed E-state index contributed by atoms with van der Waals surface area (Å²) in [4.78, 5) is 11.9. The Labute approximate surface area is 110 Å². The maximum atomic E-state index is 11.9. The summed E-state index contributed by atoms with van der Waals surface area (Å²) < 4.78 is 0. The molecule has 2 rings (SSSR count). The summed E-state index contributed by atoms with van der Waals surface area (Å²) in [7, 11) is 0. The van der Waals surface area contributed by atoms with E-state index in [0.29, 0.717) is 21.3 Å². The Kier molecular flexibility index (Phi) is 3.00. The zero-order valence-corrected chi connectivity index (χ0v) is 11.2. The molecule has 1 aliphatic carbocycles. The van der Waals surface area contributed by atoms with Gasteiger partial charge in [0.25, 0.3) is 5.91 Å². The molecule has 1 amide bonds. The van der Waals surface area contributed by atoms with Gasteiger partial charge in [0.1, 0.15) is 0 Å². The van der Waals surface area contributed by atoms with E-state index in [1.54, 1.807) is 0 Å². The summed E-state index contributed by atoms with van der Waals surface area (Å²) in [6.07, 6.45) is 0.995. The SMILES string of the molecule is CC1(C)CC1NC(=O)c1cc(Cl)c(N)c(Cl)c1. The number of carbonyl (C=O) groups excluding carboxylic acids is 1. The van der Waals surface area contributed by atoms with Crippen LogP contribution < -0.4 is 11.1 Å². The number of nitrogens with one attached hydrogen (secondary N) is 1. The molecule has 1 fully saturated rings. The zero-order chi connectivity index (χ0) is 12.8. The fraction of sp³-hybridized carbons (Fsp3) is 0.417. The normalized spacial score (nSPS) is 21.1. The highest BCUT2D eigenvalue weighted by molar-refractivity contribution is 6.39. The van der Waals surface area contributed by atoms with E-state index in [4.69, 9.17) is 28.9 Å². The lowest BCUT2D eigenvalue weighted by atomic mass is 10.1. The van der Waals surface area contributed by atoms with E-state index in [9.17, 15) is 4.79 Å². The number of anilines is 1. The van der Waals surface area contributed by atoms with Crippen LogP contribution in [0.3, 0.4) is 0 Å². The molecule has 1 saturated carbocycles. The number of hydrogen-bond donors (Lipinski definition) is 2. The van der Waals surface area contributed by atoms with Gasteiger partial charge in [-0.1, -0.05) is 37.0 Å². The molecule has 0 aromatic heterocycles. The van der Waals surface area contributed by atoms with E-state index in [1.807, 2.05) is 0 Å². The highest BCUT2D eigenvalue weighted by Crippen LogP contribution is 2.44. The van der Waals surface area contributed by atoms with Crippen LogP contribution in [0.1, 0.15) is 30.6 Å². The lowest BCUT2D eigenvalue weighted by Gasteiger charge is -2.09. The smallest absolute Gasteiger partial charge is 0.251 e. The highest BCUT2D eigenvalue weighted by Gasteiger charge is 2.46. The van der Waals surface area contributed by atoms with Crippen molar-refractivity contribution < 1.29 is 4.79 Å². The summed E-state index contributed by atoms with van der Waals surface area (Å²) in [5.74, 6) is -0.163. The van der Waals surface area contributed by atoms with Gasteiger partial charge in [-0.3, -0.25) is 4.79 Å². The molecule has 1 aromatic carbocycles. The minimum atomic E-state index is -0.163. The van der Waals surface area contributed by atoms with E-state index in [-0.39, 0.29) is 17.4 Å². The van der Waals surface area contributed by atoms with Crippen LogP contribution in [-0.2, 0) is 0 Å². The lowest BCUT2D eigenvalue weighted by Crippen LogP contribution is -2.28. The molecule has 0 heterocycles. The molecule has 17 heavy (non-hydrogen) atoms. The molecule has 0 spiro atoms. The van der Waals surface area contributed by atoms with Gasteiger partial charge in [-0.2, -0.15) is 0 Å². The van der Waals surface area contributed by atoms with Gasteiger partial charge in [0.15, 0.2) is 0 Å². The van der Waals surface area contributed by atoms with E-state index in [2.05, 4.69) is 19.2 Å². The number of nitrogens with two attached hydrogens (primary N) is 1. The number of nitrogen functional groups attached to an aromatic ring is 1. The molecule has 0 saturated heterocycles. The maximum absolute atomic E-state index is 11.9. The van der Waals surface area contributed by atoms with Crippen molar-refractivity contribution in [2.75, 3.05) is 5.73 Å². The summed E-state index contributed by atoms with van der Waals surface area (Å²) in [6, 6.07) is 3.30. The van der Waals surface area contributed by atoms with Gasteiger partial charge in [-0.05, 0) is 24.0 Å². The first kappa shape index (κ1) is 12.5. The van der Waals surface area contributed by atoms with E-state index < -0.39 is 0 Å². The van der Waals surface area contributed by atoms with Crippen LogP contribution in [0, 0.1) is 5.41 Å². The van der Waals surface area contributed by atoms with Crippen LogP contribution >= 0.6 is 23.2 Å². The second kappa shape index (κ2) is 4.07. The van der Waals surface area contributed by atoms with Gasteiger partial charge in [0.2, 0.25) is 0 Å². The molecule has 1 aliphatic rings. The van der Waals surface area contributed by atoms with Gasteiger partial charge in [0, 0.05) is 11.6 Å². The highest BCUT2D eigenvalue weighted by atomic mass is 35.5. The molecule has 1 atom stereocenters. The van der Waals surface area contributed by atoms with Crippen molar-refractivity contribution in [2.45, 2.75) is 26.3 Å². The fourth-order valence-corrected chi connectivity index (χ4v) is 2.16. The van der Waals surface area contributed by atoms with Crippen molar-refractivity contribution in [3.63, 3.8) is 0 Å². The van der Waals surface area contributed by atoms with Gasteiger partial charge in [-0.15, -0.1) is 0 Å². The minimum absolute atomic E-state index is 0.163. The molecule has 92 valence electrons. The zero-order valence-electron chi connectivity index (χ0n) is 9.68. The van der Waals surface area contributed by atoms with Crippen molar-refractivity contribution in [3.05, 3.63) is 27.7 Å². The van der Waals surface area contributed by atoms with Crippen molar-refractivity contribution >= 4 is 34.8 Å². The summed E-state index contributed by atoms with van der Waals surface area (Å²) in [5, 5.41) is 3.54. The summed E-state index contributed by atoms with van der Waals surface area (Å²) in [6.45, 7) is 4.22. The quantitative estimate of drug-likeness (QED) is 0.813. The topological polar surface area (TPSA) is 55.1 Å². The molecular formula is C12H14Cl2N2O. The van der Waals surface area contributed by atoms with E-state index in [0.717, 1.165) is 6.42 Å². The first-order valence-electron chi connectivity index (χ1n) is 5.36. The van der Waals surface area contributed by atoms with Crippen LogP contribution in [0.2, 0.25) is 10.0 Å². The first-order chi connectivity index (χ1) is 7.81. The van der Waals surface area contributed by atoms with Gasteiger partial charge in [0.05, 0.1) is 15.7 Å². The molecule has 0 radical (unpaired) electrons. The van der Waals surface area contributed by atoms with Crippen molar-refractivity contribution in [1.29, 1.82) is 0 Å². The Hall–Kier alpha value is -0.930. The fourth-order valence-electron chi connectivity index (χ4n) is 1.67. The van der Waals surface area contributed by atoms with Gasteiger partial charge in [-0.25, -0.2) is 0 Å². The third-order valence-electron chi connectivity index (χ3n) is 3.16. The van der Waals surface area contributed by atoms with Crippen LogP contribution in [0.4, 0.5) is 5.69 Å². The number of hydrogen-bond acceptors (Lipinski definition) is 2. The van der Waals surface area contributed by atoms with Crippen LogP contribution in [0.15, 0.2) is 12.1 Å². The minimum Gasteiger partial charge on any atom is -0.396 e. The Morgan fingerprint density at radius 2 is 1.88 bits per heavy atom. The Morgan fingerprint density at radius 3 is 2.29 bits per heavy atom. The molecule has 0 bridgehead atoms. The molecule has 3 nitrogen and oxygen atoms in total. The van der Waals surface area contributed by atoms with Crippen LogP contribution in [0.25, 0.3) is 0 Å². The summed E-state index contributed by atoms with van der Waals surface area (Å²) >= 11 is 11.8. The van der Waals surface area contributed by atoms with Crippen LogP contribution in [0.5, 0.6) is 0 Å². The maximum Gasteiger partial charge on any atom is 0.251 e. The predicted molar refractivity (Wildman–Crippen MR) is 70.5 cm³/mol. The van der Waals surface area contributed by atoms with Gasteiger partial charge < -0.3 is 11.1 Å². The molecule has 3 N–H and O–H groups in total. The number of carbonyl (C=O) groups is 1. The van der Waals surface area contributed by atoms with E-state index in [1.165, 1.54) is 12.1 Å². The number of halogens is 2. The van der Waals surface area contributed by atoms with Gasteiger partial charge >= 0.3 is 0 Å². The number of rotatable bonds is 2. The predicted octanol–water partition coefficient (Wildman–Crippen LogP) is 3.10. The molecule has 0 aliphatic heterocycles. The monoisotopic (exact) mass is 272 g/mol. The molecule has 1 unspecified atom stereocenters. The second-order valence-electron chi connectivity index (χ2n) is 5.07. The molecule has 1 aromatic rings. The average Bonchev–Trinajstić information content (AvgIpc) is 2.81. The Bertz CT molecular complexity index is 462. The molecular weight excluding hydrogens is 259 g/mol. The first-order valence-corrected chi connectivity index (χ1v) is 6.12. The van der Waals surface area contributed by atoms with Crippen LogP contribution in [-0.4, -0.2) is 11.9 Å². The Balaban J connectivity index is 2.15. The number of amides is 1. The van der Waals surface area contributed by atoms with Crippen molar-refractivity contribution in [3.8, 4) is 0 Å². The van der Waals surface area contributed by atoms with Crippen molar-refractivity contribution in [2.24, 2.45) is 5.41 Å². The van der Waals surface area contributed by atoms with Crippen molar-refractivity contribution in [1.82, 2.24) is 5.32 Å². The number of benzene rings is 1. The summed E-state index contributed by atoms with van der Waals surface area (Å²) in [5.41, 5.74) is 6.55. The molecule has 5 heteroatoms.